The minimum absolute atomic E-state index is 0.350. The molecule has 1 aromatic rings. The van der Waals surface area contributed by atoms with Crippen LogP contribution in [0.15, 0.2) is 22.8 Å². The molecule has 100 valence electrons. The van der Waals surface area contributed by atoms with Gasteiger partial charge in [0.2, 0.25) is 5.91 Å². The first kappa shape index (κ1) is 14.3. The third-order valence-corrected chi connectivity index (χ3v) is 2.70. The van der Waals surface area contributed by atoms with E-state index < -0.39 is 23.2 Å². The molecule has 1 aromatic heterocycles. The molecule has 0 saturated heterocycles. The molecular formula is C13H19NO4. The number of aliphatic carboxylic acids is 1. The Bertz CT molecular complexity index is 417. The van der Waals surface area contributed by atoms with Crippen molar-refractivity contribution in [2.24, 2.45) is 11.3 Å². The third-order valence-electron chi connectivity index (χ3n) is 2.70. The lowest BCUT2D eigenvalue weighted by Gasteiger charge is -2.27. The standard InChI is InChI=1S/C13H19NO4/c1-8(9-6-5-7-18-9)14-11(15)10(12(16)17)13(2,3)4/h5-8,10H,1-4H3,(H,14,15)(H,16,17). The van der Waals surface area contributed by atoms with E-state index in [1.54, 1.807) is 39.8 Å². The molecule has 0 radical (unpaired) electrons. The predicted octanol–water partition coefficient (Wildman–Crippen LogP) is 2.20. The number of carbonyl (C=O) groups excluding carboxylic acids is 1. The lowest BCUT2D eigenvalue weighted by atomic mass is 9.80. The molecule has 1 rings (SSSR count). The average Bonchev–Trinajstić information content (AvgIpc) is 2.65. The zero-order chi connectivity index (χ0) is 13.9. The SMILES string of the molecule is CC(NC(=O)C(C(=O)O)C(C)(C)C)c1ccco1. The summed E-state index contributed by atoms with van der Waals surface area (Å²) in [5, 5.41) is 11.8. The maximum atomic E-state index is 12.0. The number of nitrogens with one attached hydrogen (secondary N) is 1. The topological polar surface area (TPSA) is 79.5 Å². The van der Waals surface area contributed by atoms with Gasteiger partial charge < -0.3 is 14.8 Å². The fourth-order valence-corrected chi connectivity index (χ4v) is 1.78. The minimum Gasteiger partial charge on any atom is -0.481 e. The van der Waals surface area contributed by atoms with Gasteiger partial charge in [0.1, 0.15) is 11.7 Å². The predicted molar refractivity (Wildman–Crippen MR) is 65.8 cm³/mol. The van der Waals surface area contributed by atoms with Gasteiger partial charge in [-0.1, -0.05) is 20.8 Å². The molecule has 0 aliphatic heterocycles. The van der Waals surface area contributed by atoms with Crippen LogP contribution >= 0.6 is 0 Å². The highest BCUT2D eigenvalue weighted by Gasteiger charge is 2.38. The second-order valence-corrected chi connectivity index (χ2v) is 5.38. The van der Waals surface area contributed by atoms with Crippen molar-refractivity contribution in [2.45, 2.75) is 33.7 Å². The van der Waals surface area contributed by atoms with Gasteiger partial charge in [-0.2, -0.15) is 0 Å². The zero-order valence-corrected chi connectivity index (χ0v) is 11.1. The van der Waals surface area contributed by atoms with Crippen LogP contribution in [-0.4, -0.2) is 17.0 Å². The van der Waals surface area contributed by atoms with Gasteiger partial charge in [0.25, 0.3) is 0 Å². The largest absolute Gasteiger partial charge is 0.481 e. The van der Waals surface area contributed by atoms with Gasteiger partial charge in [0.15, 0.2) is 0 Å². The van der Waals surface area contributed by atoms with Crippen molar-refractivity contribution in [3.05, 3.63) is 24.2 Å². The summed E-state index contributed by atoms with van der Waals surface area (Å²) in [5.41, 5.74) is -0.640. The Balaban J connectivity index is 2.77. The molecule has 1 heterocycles. The van der Waals surface area contributed by atoms with Crippen LogP contribution in [0.3, 0.4) is 0 Å². The zero-order valence-electron chi connectivity index (χ0n) is 11.1. The molecule has 0 bridgehead atoms. The Kier molecular flexibility index (Phi) is 4.16. The van der Waals surface area contributed by atoms with Gasteiger partial charge >= 0.3 is 5.97 Å². The van der Waals surface area contributed by atoms with Crippen molar-refractivity contribution in [3.8, 4) is 0 Å². The minimum atomic E-state index is -1.12. The van der Waals surface area contributed by atoms with E-state index in [2.05, 4.69) is 5.32 Å². The van der Waals surface area contributed by atoms with Crippen molar-refractivity contribution in [1.29, 1.82) is 0 Å². The summed E-state index contributed by atoms with van der Waals surface area (Å²) in [7, 11) is 0. The first-order valence-electron chi connectivity index (χ1n) is 5.80. The highest BCUT2D eigenvalue weighted by atomic mass is 16.4. The van der Waals surface area contributed by atoms with Crippen LogP contribution in [-0.2, 0) is 9.59 Å². The number of carboxylic acid groups (broad SMARTS) is 1. The first-order chi connectivity index (χ1) is 8.23. The Morgan fingerprint density at radius 1 is 1.39 bits per heavy atom. The fourth-order valence-electron chi connectivity index (χ4n) is 1.78. The molecular weight excluding hydrogens is 234 g/mol. The van der Waals surface area contributed by atoms with Gasteiger partial charge in [0, 0.05) is 0 Å². The van der Waals surface area contributed by atoms with Crippen LogP contribution in [0.2, 0.25) is 0 Å². The number of rotatable bonds is 4. The maximum Gasteiger partial charge on any atom is 0.316 e. The number of carbonyl (C=O) groups is 2. The van der Waals surface area contributed by atoms with Crippen LogP contribution in [0.1, 0.15) is 39.5 Å². The quantitative estimate of drug-likeness (QED) is 0.806. The number of hydrogen-bond acceptors (Lipinski definition) is 3. The average molecular weight is 253 g/mol. The van der Waals surface area contributed by atoms with Crippen LogP contribution in [0.4, 0.5) is 0 Å². The van der Waals surface area contributed by atoms with Crippen molar-refractivity contribution in [3.63, 3.8) is 0 Å². The van der Waals surface area contributed by atoms with E-state index in [-0.39, 0.29) is 6.04 Å². The van der Waals surface area contributed by atoms with Crippen LogP contribution < -0.4 is 5.32 Å². The summed E-state index contributed by atoms with van der Waals surface area (Å²) in [6.07, 6.45) is 1.51. The molecule has 0 aliphatic rings. The smallest absolute Gasteiger partial charge is 0.316 e. The molecule has 0 aliphatic carbocycles. The van der Waals surface area contributed by atoms with Crippen LogP contribution in [0.5, 0.6) is 0 Å². The second kappa shape index (κ2) is 5.25. The second-order valence-electron chi connectivity index (χ2n) is 5.38. The Hall–Kier alpha value is -1.78. The molecule has 2 unspecified atom stereocenters. The van der Waals surface area contributed by atoms with Gasteiger partial charge in [0.05, 0.1) is 12.3 Å². The number of hydrogen-bond donors (Lipinski definition) is 2. The molecule has 0 aromatic carbocycles. The first-order valence-corrected chi connectivity index (χ1v) is 5.80. The Morgan fingerprint density at radius 2 is 2.00 bits per heavy atom. The van der Waals surface area contributed by atoms with E-state index in [4.69, 9.17) is 9.52 Å². The highest BCUT2D eigenvalue weighted by molar-refractivity contribution is 5.97. The molecule has 0 fully saturated rings. The van der Waals surface area contributed by atoms with Crippen LogP contribution in [0, 0.1) is 11.3 Å². The molecule has 5 nitrogen and oxygen atoms in total. The molecule has 2 N–H and O–H groups in total. The van der Waals surface area contributed by atoms with Gasteiger partial charge in [-0.15, -0.1) is 0 Å². The van der Waals surface area contributed by atoms with Gasteiger partial charge in [-0.25, -0.2) is 0 Å². The monoisotopic (exact) mass is 253 g/mol. The Morgan fingerprint density at radius 3 is 2.39 bits per heavy atom. The van der Waals surface area contributed by atoms with E-state index in [9.17, 15) is 9.59 Å². The normalized spacial score (nSPS) is 14.9. The van der Waals surface area contributed by atoms with Crippen molar-refractivity contribution in [2.75, 3.05) is 0 Å². The summed E-state index contributed by atoms with van der Waals surface area (Å²) in [5.74, 6) is -2.11. The van der Waals surface area contributed by atoms with E-state index in [0.29, 0.717) is 5.76 Å². The molecule has 2 atom stereocenters. The lowest BCUT2D eigenvalue weighted by Crippen LogP contribution is -2.43. The van der Waals surface area contributed by atoms with Crippen molar-refractivity contribution >= 4 is 11.9 Å². The summed E-state index contributed by atoms with van der Waals surface area (Å²) >= 11 is 0. The number of furan rings is 1. The molecule has 1 amide bonds. The third kappa shape index (κ3) is 3.35. The molecule has 18 heavy (non-hydrogen) atoms. The lowest BCUT2D eigenvalue weighted by molar-refractivity contribution is -0.151. The summed E-state index contributed by atoms with van der Waals surface area (Å²) in [6.45, 7) is 6.92. The summed E-state index contributed by atoms with van der Waals surface area (Å²) < 4.78 is 5.16. The van der Waals surface area contributed by atoms with Crippen molar-refractivity contribution in [1.82, 2.24) is 5.32 Å². The molecule has 0 saturated carbocycles. The molecule has 5 heteroatoms. The fraction of sp³-hybridized carbons (Fsp3) is 0.538. The van der Waals surface area contributed by atoms with E-state index in [0.717, 1.165) is 0 Å². The number of amides is 1. The van der Waals surface area contributed by atoms with E-state index in [1.165, 1.54) is 6.26 Å². The van der Waals surface area contributed by atoms with Gasteiger partial charge in [-0.05, 0) is 24.5 Å². The molecule has 0 spiro atoms. The van der Waals surface area contributed by atoms with E-state index >= 15 is 0 Å². The summed E-state index contributed by atoms with van der Waals surface area (Å²) in [6, 6.07) is 3.10. The maximum absolute atomic E-state index is 12.0. The van der Waals surface area contributed by atoms with Gasteiger partial charge in [-0.3, -0.25) is 9.59 Å². The van der Waals surface area contributed by atoms with E-state index in [1.807, 2.05) is 0 Å². The highest BCUT2D eigenvalue weighted by Crippen LogP contribution is 2.27. The Labute approximate surface area is 106 Å². The van der Waals surface area contributed by atoms with Crippen LogP contribution in [0.25, 0.3) is 0 Å². The summed E-state index contributed by atoms with van der Waals surface area (Å²) in [4.78, 5) is 23.2. The van der Waals surface area contributed by atoms with Crippen molar-refractivity contribution < 1.29 is 19.1 Å². The number of carboxylic acids is 1.